The Hall–Kier alpha value is -2.21. The molecule has 0 fully saturated rings. The van der Waals surface area contributed by atoms with Gasteiger partial charge in [-0.1, -0.05) is 11.6 Å². The van der Waals surface area contributed by atoms with Crippen molar-refractivity contribution in [2.24, 2.45) is 0 Å². The average Bonchev–Trinajstić information content (AvgIpc) is 2.38. The van der Waals surface area contributed by atoms with Crippen molar-refractivity contribution in [2.75, 3.05) is 0 Å². The maximum absolute atomic E-state index is 12.8. The standard InChI is InChI=1S/C12H8ClFN2O3/c13-9-3-7(14)1-2-11(9)19-5-10-8(12(17)18)4-15-6-16-10/h1-4,6H,5H2,(H,17,18). The van der Waals surface area contributed by atoms with Crippen LogP contribution in [0.4, 0.5) is 4.39 Å². The summed E-state index contributed by atoms with van der Waals surface area (Å²) >= 11 is 5.78. The summed E-state index contributed by atoms with van der Waals surface area (Å²) in [4.78, 5) is 18.4. The minimum atomic E-state index is -1.15. The third kappa shape index (κ3) is 3.17. The fourth-order valence-electron chi connectivity index (χ4n) is 1.39. The van der Waals surface area contributed by atoms with Crippen LogP contribution in [0.1, 0.15) is 16.1 Å². The van der Waals surface area contributed by atoms with Gasteiger partial charge in [0.2, 0.25) is 0 Å². The van der Waals surface area contributed by atoms with Crippen LogP contribution in [-0.4, -0.2) is 21.0 Å². The zero-order chi connectivity index (χ0) is 13.8. The van der Waals surface area contributed by atoms with Crippen LogP contribution in [0.15, 0.2) is 30.7 Å². The van der Waals surface area contributed by atoms with Crippen molar-refractivity contribution in [1.82, 2.24) is 9.97 Å². The molecule has 0 aliphatic rings. The Labute approximate surface area is 112 Å². The van der Waals surface area contributed by atoms with Gasteiger partial charge in [0.1, 0.15) is 30.1 Å². The molecular weight excluding hydrogens is 275 g/mol. The number of nitrogens with zero attached hydrogens (tertiary/aromatic N) is 2. The first-order valence-electron chi connectivity index (χ1n) is 5.18. The normalized spacial score (nSPS) is 10.2. The predicted octanol–water partition coefficient (Wildman–Crippen LogP) is 2.55. The highest BCUT2D eigenvalue weighted by molar-refractivity contribution is 6.32. The summed E-state index contributed by atoms with van der Waals surface area (Å²) in [5.74, 6) is -1.38. The van der Waals surface area contributed by atoms with Crippen molar-refractivity contribution in [1.29, 1.82) is 0 Å². The van der Waals surface area contributed by atoms with E-state index >= 15 is 0 Å². The molecule has 0 amide bonds. The van der Waals surface area contributed by atoms with Gasteiger partial charge < -0.3 is 9.84 Å². The van der Waals surface area contributed by atoms with E-state index < -0.39 is 11.8 Å². The molecule has 1 heterocycles. The Morgan fingerprint density at radius 3 is 2.95 bits per heavy atom. The lowest BCUT2D eigenvalue weighted by molar-refractivity contribution is 0.0692. The Kier molecular flexibility index (Phi) is 3.91. The molecule has 0 spiro atoms. The van der Waals surface area contributed by atoms with E-state index in [2.05, 4.69) is 9.97 Å². The molecule has 0 unspecified atom stereocenters. The predicted molar refractivity (Wildman–Crippen MR) is 64.7 cm³/mol. The number of carboxylic acid groups (broad SMARTS) is 1. The monoisotopic (exact) mass is 282 g/mol. The lowest BCUT2D eigenvalue weighted by Gasteiger charge is -2.08. The van der Waals surface area contributed by atoms with Crippen molar-refractivity contribution < 1.29 is 19.0 Å². The molecule has 0 radical (unpaired) electrons. The molecule has 2 rings (SSSR count). The van der Waals surface area contributed by atoms with E-state index in [0.29, 0.717) is 0 Å². The van der Waals surface area contributed by atoms with Gasteiger partial charge in [-0.05, 0) is 18.2 Å². The van der Waals surface area contributed by atoms with Gasteiger partial charge in [0, 0.05) is 6.20 Å². The summed E-state index contributed by atoms with van der Waals surface area (Å²) in [6, 6.07) is 3.66. The molecule has 98 valence electrons. The molecular formula is C12H8ClFN2O3. The maximum Gasteiger partial charge on any atom is 0.339 e. The Morgan fingerprint density at radius 1 is 1.47 bits per heavy atom. The molecule has 0 saturated heterocycles. The van der Waals surface area contributed by atoms with Gasteiger partial charge in [0.05, 0.1) is 10.7 Å². The number of carboxylic acids is 1. The van der Waals surface area contributed by atoms with E-state index in [9.17, 15) is 9.18 Å². The second kappa shape index (κ2) is 5.62. The average molecular weight is 283 g/mol. The molecule has 0 aliphatic carbocycles. The van der Waals surface area contributed by atoms with Crippen molar-refractivity contribution >= 4 is 17.6 Å². The number of halogens is 2. The van der Waals surface area contributed by atoms with E-state index in [4.69, 9.17) is 21.4 Å². The molecule has 1 N–H and O–H groups in total. The smallest absolute Gasteiger partial charge is 0.339 e. The minimum Gasteiger partial charge on any atom is -0.486 e. The lowest BCUT2D eigenvalue weighted by Crippen LogP contribution is -2.08. The van der Waals surface area contributed by atoms with Crippen LogP contribution in [0.5, 0.6) is 5.75 Å². The van der Waals surface area contributed by atoms with Crippen LogP contribution in [-0.2, 0) is 6.61 Å². The Morgan fingerprint density at radius 2 is 2.26 bits per heavy atom. The van der Waals surface area contributed by atoms with E-state index in [1.807, 2.05) is 0 Å². The largest absolute Gasteiger partial charge is 0.486 e. The highest BCUT2D eigenvalue weighted by Crippen LogP contribution is 2.25. The molecule has 7 heteroatoms. The lowest BCUT2D eigenvalue weighted by atomic mass is 10.2. The van der Waals surface area contributed by atoms with E-state index in [-0.39, 0.29) is 28.6 Å². The maximum atomic E-state index is 12.8. The summed E-state index contributed by atoms with van der Waals surface area (Å²) in [6.45, 7) is -0.102. The van der Waals surface area contributed by atoms with E-state index in [1.54, 1.807) is 0 Å². The van der Waals surface area contributed by atoms with Crippen LogP contribution in [0.25, 0.3) is 0 Å². The summed E-state index contributed by atoms with van der Waals surface area (Å²) < 4.78 is 18.2. The number of hydrogen-bond acceptors (Lipinski definition) is 4. The highest BCUT2D eigenvalue weighted by Gasteiger charge is 2.12. The zero-order valence-corrected chi connectivity index (χ0v) is 10.3. The second-order valence-electron chi connectivity index (χ2n) is 3.55. The fourth-order valence-corrected chi connectivity index (χ4v) is 1.61. The van der Waals surface area contributed by atoms with Gasteiger partial charge in [0.15, 0.2) is 0 Å². The van der Waals surface area contributed by atoms with Crippen LogP contribution < -0.4 is 4.74 Å². The summed E-state index contributed by atoms with van der Waals surface area (Å²) in [7, 11) is 0. The first-order chi connectivity index (χ1) is 9.08. The number of aromatic carboxylic acids is 1. The third-order valence-corrected chi connectivity index (χ3v) is 2.58. The van der Waals surface area contributed by atoms with Crippen molar-refractivity contribution in [3.05, 3.63) is 52.8 Å². The zero-order valence-electron chi connectivity index (χ0n) is 9.51. The number of rotatable bonds is 4. The molecule has 1 aromatic carbocycles. The summed E-state index contributed by atoms with van der Waals surface area (Å²) in [6.07, 6.45) is 2.40. The molecule has 1 aromatic heterocycles. The molecule has 0 atom stereocenters. The SMILES string of the molecule is O=C(O)c1cncnc1COc1ccc(F)cc1Cl. The number of hydrogen-bond donors (Lipinski definition) is 1. The fraction of sp³-hybridized carbons (Fsp3) is 0.0833. The molecule has 5 nitrogen and oxygen atoms in total. The number of ether oxygens (including phenoxy) is 1. The van der Waals surface area contributed by atoms with E-state index in [1.165, 1.54) is 24.7 Å². The van der Waals surface area contributed by atoms with Gasteiger partial charge in [-0.15, -0.1) is 0 Å². The minimum absolute atomic E-state index is 0.0549. The highest BCUT2D eigenvalue weighted by atomic mass is 35.5. The van der Waals surface area contributed by atoms with Crippen molar-refractivity contribution in [2.45, 2.75) is 6.61 Å². The molecule has 0 aliphatic heterocycles. The van der Waals surface area contributed by atoms with Crippen LogP contribution in [0.3, 0.4) is 0 Å². The number of aromatic nitrogens is 2. The van der Waals surface area contributed by atoms with Crippen LogP contribution in [0.2, 0.25) is 5.02 Å². The number of carbonyl (C=O) groups is 1. The first kappa shape index (κ1) is 13.2. The Bertz CT molecular complexity index is 622. The molecule has 19 heavy (non-hydrogen) atoms. The molecule has 0 saturated carbocycles. The molecule has 0 bridgehead atoms. The van der Waals surface area contributed by atoms with Crippen molar-refractivity contribution in [3.8, 4) is 5.75 Å². The quantitative estimate of drug-likeness (QED) is 0.933. The van der Waals surface area contributed by atoms with Gasteiger partial charge in [-0.25, -0.2) is 19.2 Å². The van der Waals surface area contributed by atoms with Gasteiger partial charge in [-0.3, -0.25) is 0 Å². The number of benzene rings is 1. The second-order valence-corrected chi connectivity index (χ2v) is 3.96. The topological polar surface area (TPSA) is 72.3 Å². The molecule has 2 aromatic rings. The van der Waals surface area contributed by atoms with Crippen LogP contribution >= 0.6 is 11.6 Å². The summed E-state index contributed by atoms with van der Waals surface area (Å²) in [5.41, 5.74) is 0.156. The summed E-state index contributed by atoms with van der Waals surface area (Å²) in [5, 5.41) is 9.05. The van der Waals surface area contributed by atoms with Gasteiger partial charge in [0.25, 0.3) is 0 Å². The third-order valence-electron chi connectivity index (χ3n) is 2.28. The van der Waals surface area contributed by atoms with E-state index in [0.717, 1.165) is 6.07 Å². The van der Waals surface area contributed by atoms with Gasteiger partial charge >= 0.3 is 5.97 Å². The van der Waals surface area contributed by atoms with Crippen LogP contribution in [0, 0.1) is 5.82 Å². The Balaban J connectivity index is 2.17. The first-order valence-corrected chi connectivity index (χ1v) is 5.55. The van der Waals surface area contributed by atoms with Gasteiger partial charge in [-0.2, -0.15) is 0 Å². The van der Waals surface area contributed by atoms with Crippen molar-refractivity contribution in [3.63, 3.8) is 0 Å².